The molecule has 1 amide bonds. The van der Waals surface area contributed by atoms with Crippen LogP contribution >= 0.6 is 0 Å². The summed E-state index contributed by atoms with van der Waals surface area (Å²) in [6.45, 7) is 3.00. The number of carbonyl (C=O) groups excluding carboxylic acids is 1. The molecule has 1 unspecified atom stereocenters. The van der Waals surface area contributed by atoms with Crippen LogP contribution in [0.15, 0.2) is 34.7 Å². The number of nitrogens with two attached hydrogens (primary N) is 1. The van der Waals surface area contributed by atoms with E-state index >= 15 is 0 Å². The number of nitro groups is 1. The molecule has 0 spiro atoms. The minimum Gasteiger partial charge on any atom is -0.463 e. The lowest BCUT2D eigenvalue weighted by atomic mass is 10.0. The zero-order valence-corrected chi connectivity index (χ0v) is 12.7. The molecule has 0 fully saturated rings. The molecule has 2 aromatic rings. The second kappa shape index (κ2) is 6.09. The zero-order chi connectivity index (χ0) is 17.2. The van der Waals surface area contributed by atoms with Crippen LogP contribution in [0.2, 0.25) is 0 Å². The fraction of sp³-hybridized carbons (Fsp3) is 0.267. The predicted molar refractivity (Wildman–Crippen MR) is 82.9 cm³/mol. The molecule has 4 N–H and O–H groups in total. The number of aryl methyl sites for hydroxylation is 1. The maximum absolute atomic E-state index is 12.2. The van der Waals surface area contributed by atoms with Crippen molar-refractivity contribution in [1.82, 2.24) is 5.32 Å². The number of anilines is 1. The Morgan fingerprint density at radius 1 is 1.43 bits per heavy atom. The summed E-state index contributed by atoms with van der Waals surface area (Å²) in [7, 11) is 0. The summed E-state index contributed by atoms with van der Waals surface area (Å²) in [4.78, 5) is 22.6. The zero-order valence-electron chi connectivity index (χ0n) is 12.7. The Bertz CT molecular complexity index is 751. The number of nitrogen functional groups attached to an aromatic ring is 1. The van der Waals surface area contributed by atoms with Crippen molar-refractivity contribution >= 4 is 17.3 Å². The average molecular weight is 319 g/mol. The summed E-state index contributed by atoms with van der Waals surface area (Å²) in [5.41, 5.74) is 3.58. The van der Waals surface area contributed by atoms with Gasteiger partial charge in [0.15, 0.2) is 0 Å². The van der Waals surface area contributed by atoms with Gasteiger partial charge in [-0.15, -0.1) is 0 Å². The van der Waals surface area contributed by atoms with E-state index in [1.807, 2.05) is 0 Å². The highest BCUT2D eigenvalue weighted by Gasteiger charge is 2.29. The number of nitro benzene ring substituents is 1. The first-order valence-electron chi connectivity index (χ1n) is 6.83. The van der Waals surface area contributed by atoms with Crippen LogP contribution in [0.4, 0.5) is 11.4 Å². The number of benzene rings is 1. The van der Waals surface area contributed by atoms with Crippen LogP contribution in [0, 0.1) is 17.0 Å². The third kappa shape index (κ3) is 3.49. The van der Waals surface area contributed by atoms with Crippen molar-refractivity contribution in [2.45, 2.75) is 19.4 Å². The first kappa shape index (κ1) is 16.5. The van der Waals surface area contributed by atoms with E-state index in [1.165, 1.54) is 25.1 Å². The number of carbonyl (C=O) groups is 1. The summed E-state index contributed by atoms with van der Waals surface area (Å²) < 4.78 is 5.34. The van der Waals surface area contributed by atoms with Gasteiger partial charge >= 0.3 is 0 Å². The molecule has 1 heterocycles. The lowest BCUT2D eigenvalue weighted by molar-refractivity contribution is -0.385. The van der Waals surface area contributed by atoms with E-state index < -0.39 is 22.1 Å². The summed E-state index contributed by atoms with van der Waals surface area (Å²) in [5.74, 6) is 0.165. The highest BCUT2D eigenvalue weighted by molar-refractivity contribution is 6.03. The third-order valence-corrected chi connectivity index (χ3v) is 3.36. The Labute approximate surface area is 132 Å². The van der Waals surface area contributed by atoms with Gasteiger partial charge in [-0.1, -0.05) is 6.07 Å². The molecule has 8 heteroatoms. The minimum absolute atomic E-state index is 0.00909. The Morgan fingerprint density at radius 2 is 2.13 bits per heavy atom. The van der Waals surface area contributed by atoms with Crippen LogP contribution in [-0.4, -0.2) is 22.5 Å². The highest BCUT2D eigenvalue weighted by atomic mass is 16.6. The monoisotopic (exact) mass is 319 g/mol. The Kier molecular flexibility index (Phi) is 4.37. The van der Waals surface area contributed by atoms with Gasteiger partial charge in [-0.25, -0.2) is 0 Å². The first-order chi connectivity index (χ1) is 10.7. The maximum atomic E-state index is 12.2. The normalized spacial score (nSPS) is 13.3. The fourth-order valence-corrected chi connectivity index (χ4v) is 2.11. The third-order valence-electron chi connectivity index (χ3n) is 3.36. The van der Waals surface area contributed by atoms with Gasteiger partial charge in [-0.2, -0.15) is 0 Å². The molecule has 0 saturated heterocycles. The van der Waals surface area contributed by atoms with E-state index in [-0.39, 0.29) is 23.6 Å². The molecule has 1 atom stereocenters. The van der Waals surface area contributed by atoms with E-state index in [9.17, 15) is 20.0 Å². The van der Waals surface area contributed by atoms with Gasteiger partial charge in [0.25, 0.3) is 11.6 Å². The van der Waals surface area contributed by atoms with Crippen LogP contribution in [-0.2, 0) is 5.60 Å². The number of nitrogens with zero attached hydrogens (tertiary/aromatic N) is 1. The second-order valence-electron chi connectivity index (χ2n) is 5.37. The van der Waals surface area contributed by atoms with Gasteiger partial charge in [-0.05, 0) is 32.0 Å². The molecule has 0 aliphatic heterocycles. The van der Waals surface area contributed by atoms with E-state index in [0.29, 0.717) is 5.76 Å². The Balaban J connectivity index is 2.19. The van der Waals surface area contributed by atoms with E-state index in [4.69, 9.17) is 10.2 Å². The van der Waals surface area contributed by atoms with Gasteiger partial charge in [-0.3, -0.25) is 14.9 Å². The van der Waals surface area contributed by atoms with Gasteiger partial charge in [0.1, 0.15) is 22.7 Å². The van der Waals surface area contributed by atoms with Crippen LogP contribution in [0.3, 0.4) is 0 Å². The lowest BCUT2D eigenvalue weighted by Gasteiger charge is -2.21. The Morgan fingerprint density at radius 3 is 2.70 bits per heavy atom. The molecule has 23 heavy (non-hydrogen) atoms. The molecule has 1 aromatic carbocycles. The Hall–Kier alpha value is -2.87. The molecule has 0 aliphatic carbocycles. The topological polar surface area (TPSA) is 132 Å². The van der Waals surface area contributed by atoms with Crippen molar-refractivity contribution in [3.05, 3.63) is 57.5 Å². The second-order valence-corrected chi connectivity index (χ2v) is 5.37. The van der Waals surface area contributed by atoms with E-state index in [2.05, 4.69) is 5.32 Å². The van der Waals surface area contributed by atoms with Gasteiger partial charge in [0.05, 0.1) is 17.2 Å². The van der Waals surface area contributed by atoms with Crippen molar-refractivity contribution in [2.75, 3.05) is 12.3 Å². The van der Waals surface area contributed by atoms with Crippen LogP contribution < -0.4 is 11.1 Å². The number of rotatable bonds is 5. The number of hydrogen-bond acceptors (Lipinski definition) is 6. The smallest absolute Gasteiger partial charge is 0.284 e. The lowest BCUT2D eigenvalue weighted by Crippen LogP contribution is -2.38. The van der Waals surface area contributed by atoms with Gasteiger partial charge in [0.2, 0.25) is 0 Å². The molecule has 0 radical (unpaired) electrons. The summed E-state index contributed by atoms with van der Waals surface area (Å²) in [6.07, 6.45) is 0. The van der Waals surface area contributed by atoms with E-state index in [1.54, 1.807) is 19.1 Å². The minimum atomic E-state index is -1.46. The van der Waals surface area contributed by atoms with Crippen molar-refractivity contribution in [2.24, 2.45) is 0 Å². The molecular formula is C15H17N3O5. The molecule has 0 saturated carbocycles. The standard InChI is InChI=1S/C15H17N3O5/c1-9-6-7-12(23-9)15(2,20)8-17-14(19)13-10(16)4-3-5-11(13)18(21)22/h3-7,20H,8,16H2,1-2H3,(H,17,19). The van der Waals surface area contributed by atoms with E-state index in [0.717, 1.165) is 0 Å². The SMILES string of the molecule is Cc1ccc(C(C)(O)CNC(=O)c2c(N)cccc2[N+](=O)[O-])o1. The molecular weight excluding hydrogens is 302 g/mol. The summed E-state index contributed by atoms with van der Waals surface area (Å²) >= 11 is 0. The molecule has 1 aromatic heterocycles. The molecule has 0 aliphatic rings. The number of hydrogen-bond donors (Lipinski definition) is 3. The van der Waals surface area contributed by atoms with Crippen LogP contribution in [0.1, 0.15) is 28.8 Å². The quantitative estimate of drug-likeness (QED) is 0.437. The van der Waals surface area contributed by atoms with Crippen LogP contribution in [0.25, 0.3) is 0 Å². The van der Waals surface area contributed by atoms with Crippen molar-refractivity contribution in [3.8, 4) is 0 Å². The predicted octanol–water partition coefficient (Wildman–Crippen LogP) is 1.72. The molecule has 2 rings (SSSR count). The highest BCUT2D eigenvalue weighted by Crippen LogP contribution is 2.25. The first-order valence-corrected chi connectivity index (χ1v) is 6.83. The number of aliphatic hydroxyl groups is 1. The number of furan rings is 1. The largest absolute Gasteiger partial charge is 0.463 e. The molecule has 122 valence electrons. The number of nitrogens with one attached hydrogen (secondary N) is 1. The van der Waals surface area contributed by atoms with Crippen molar-refractivity contribution in [1.29, 1.82) is 0 Å². The summed E-state index contributed by atoms with van der Waals surface area (Å²) in [6, 6.07) is 7.27. The number of amides is 1. The van der Waals surface area contributed by atoms with Gasteiger partial charge in [0, 0.05) is 6.07 Å². The maximum Gasteiger partial charge on any atom is 0.284 e. The van der Waals surface area contributed by atoms with Crippen molar-refractivity contribution < 1.29 is 19.2 Å². The molecule has 8 nitrogen and oxygen atoms in total. The average Bonchev–Trinajstić information content (AvgIpc) is 2.92. The molecule has 0 bridgehead atoms. The summed E-state index contributed by atoms with van der Waals surface area (Å²) in [5, 5.41) is 23.8. The fourth-order valence-electron chi connectivity index (χ4n) is 2.11. The van der Waals surface area contributed by atoms with Crippen molar-refractivity contribution in [3.63, 3.8) is 0 Å². The van der Waals surface area contributed by atoms with Gasteiger partial charge < -0.3 is 20.6 Å². The van der Waals surface area contributed by atoms with Crippen LogP contribution in [0.5, 0.6) is 0 Å².